The minimum atomic E-state index is -0.464. The summed E-state index contributed by atoms with van der Waals surface area (Å²) in [6.07, 6.45) is 2.73. The predicted molar refractivity (Wildman–Crippen MR) is 115 cm³/mol. The molecule has 0 saturated carbocycles. The molecule has 8 nitrogen and oxygen atoms in total. The summed E-state index contributed by atoms with van der Waals surface area (Å²) < 4.78 is 10.6. The van der Waals surface area contributed by atoms with Crippen LogP contribution in [0.25, 0.3) is 0 Å². The van der Waals surface area contributed by atoms with Crippen molar-refractivity contribution in [1.82, 2.24) is 4.90 Å². The van der Waals surface area contributed by atoms with E-state index in [0.29, 0.717) is 30.0 Å². The van der Waals surface area contributed by atoms with E-state index in [0.717, 1.165) is 37.2 Å². The van der Waals surface area contributed by atoms with Crippen molar-refractivity contribution in [1.29, 1.82) is 0 Å². The maximum atomic E-state index is 13.2. The molecule has 0 atom stereocenters. The van der Waals surface area contributed by atoms with Gasteiger partial charge in [-0.05, 0) is 43.0 Å². The third-order valence-electron chi connectivity index (χ3n) is 5.40. The van der Waals surface area contributed by atoms with E-state index in [4.69, 9.17) is 9.47 Å². The standard InChI is InChI=1S/C22H27N3O5/c1-23(13-10-16-6-9-20(29-2)21(14-16)30-3)22(26)18-15-17(25(27)28)7-8-19(18)24-11-4-5-12-24/h6-9,14-15H,4-5,10-13H2,1-3H3. The number of rotatable bonds is 8. The van der Waals surface area contributed by atoms with E-state index in [2.05, 4.69) is 4.90 Å². The number of hydrogen-bond donors (Lipinski definition) is 0. The van der Waals surface area contributed by atoms with Crippen LogP contribution in [0.1, 0.15) is 28.8 Å². The lowest BCUT2D eigenvalue weighted by Crippen LogP contribution is -2.31. The van der Waals surface area contributed by atoms with E-state index in [1.165, 1.54) is 12.1 Å². The number of nitrogens with zero attached hydrogens (tertiary/aromatic N) is 3. The predicted octanol–water partition coefficient (Wildman–Crippen LogP) is 3.53. The molecule has 3 rings (SSSR count). The number of nitro benzene ring substituents is 1. The lowest BCUT2D eigenvalue weighted by molar-refractivity contribution is -0.384. The molecule has 2 aromatic carbocycles. The van der Waals surface area contributed by atoms with Crippen LogP contribution in [0.15, 0.2) is 36.4 Å². The Kier molecular flexibility index (Phi) is 6.76. The Hall–Kier alpha value is -3.29. The quantitative estimate of drug-likeness (QED) is 0.486. The molecule has 0 unspecified atom stereocenters. The van der Waals surface area contributed by atoms with Crippen molar-refractivity contribution in [3.8, 4) is 11.5 Å². The summed E-state index contributed by atoms with van der Waals surface area (Å²) in [7, 11) is 4.89. The molecular weight excluding hydrogens is 386 g/mol. The van der Waals surface area contributed by atoms with Crippen molar-refractivity contribution in [2.24, 2.45) is 0 Å². The van der Waals surface area contributed by atoms with E-state index >= 15 is 0 Å². The molecule has 1 heterocycles. The van der Waals surface area contributed by atoms with Gasteiger partial charge in [-0.1, -0.05) is 6.07 Å². The van der Waals surface area contributed by atoms with Crippen LogP contribution in [-0.2, 0) is 6.42 Å². The summed E-state index contributed by atoms with van der Waals surface area (Å²) in [4.78, 5) is 27.7. The van der Waals surface area contributed by atoms with Gasteiger partial charge in [-0.25, -0.2) is 0 Å². The van der Waals surface area contributed by atoms with Gasteiger partial charge in [0, 0.05) is 38.8 Å². The SMILES string of the molecule is COc1ccc(CCN(C)C(=O)c2cc([N+](=O)[O-])ccc2N2CCCC2)cc1OC. The molecule has 0 spiro atoms. The Balaban J connectivity index is 1.78. The number of methoxy groups -OCH3 is 2. The average molecular weight is 413 g/mol. The summed E-state index contributed by atoms with van der Waals surface area (Å²) in [5, 5.41) is 11.2. The molecule has 1 aliphatic heterocycles. The Bertz CT molecular complexity index is 925. The Morgan fingerprint density at radius 1 is 1.10 bits per heavy atom. The van der Waals surface area contributed by atoms with Gasteiger partial charge < -0.3 is 19.3 Å². The number of hydrogen-bond acceptors (Lipinski definition) is 6. The van der Waals surface area contributed by atoms with E-state index < -0.39 is 4.92 Å². The van der Waals surface area contributed by atoms with Crippen LogP contribution in [0, 0.1) is 10.1 Å². The van der Waals surface area contributed by atoms with Crippen LogP contribution in [0.4, 0.5) is 11.4 Å². The third-order valence-corrected chi connectivity index (χ3v) is 5.40. The highest BCUT2D eigenvalue weighted by Crippen LogP contribution is 2.30. The van der Waals surface area contributed by atoms with Crippen molar-refractivity contribution in [3.05, 3.63) is 57.6 Å². The molecular formula is C22H27N3O5. The van der Waals surface area contributed by atoms with Crippen molar-refractivity contribution < 1.29 is 19.2 Å². The van der Waals surface area contributed by atoms with E-state index in [1.54, 1.807) is 32.2 Å². The third kappa shape index (κ3) is 4.64. The lowest BCUT2D eigenvalue weighted by Gasteiger charge is -2.24. The van der Waals surface area contributed by atoms with Gasteiger partial charge in [0.25, 0.3) is 11.6 Å². The molecule has 30 heavy (non-hydrogen) atoms. The second-order valence-electron chi connectivity index (χ2n) is 7.32. The number of non-ortho nitro benzene ring substituents is 1. The van der Waals surface area contributed by atoms with Crippen LogP contribution in [-0.4, -0.2) is 56.6 Å². The van der Waals surface area contributed by atoms with Crippen LogP contribution in [0.5, 0.6) is 11.5 Å². The monoisotopic (exact) mass is 413 g/mol. The Morgan fingerprint density at radius 3 is 2.43 bits per heavy atom. The van der Waals surface area contributed by atoms with E-state index in [1.807, 2.05) is 18.2 Å². The summed E-state index contributed by atoms with van der Waals surface area (Å²) in [6.45, 7) is 2.18. The molecule has 8 heteroatoms. The molecule has 1 amide bonds. The highest BCUT2D eigenvalue weighted by molar-refractivity contribution is 6.00. The second kappa shape index (κ2) is 9.47. The summed E-state index contributed by atoms with van der Waals surface area (Å²) in [5.41, 5.74) is 2.07. The molecule has 1 saturated heterocycles. The Labute approximate surface area is 176 Å². The van der Waals surface area contributed by atoms with E-state index in [9.17, 15) is 14.9 Å². The zero-order valence-corrected chi connectivity index (χ0v) is 17.6. The number of likely N-dealkylation sites (N-methyl/N-ethyl adjacent to an activating group) is 1. The molecule has 1 fully saturated rings. The van der Waals surface area contributed by atoms with E-state index in [-0.39, 0.29) is 11.6 Å². The van der Waals surface area contributed by atoms with Crippen LogP contribution < -0.4 is 14.4 Å². The molecule has 0 N–H and O–H groups in total. The first kappa shape index (κ1) is 21.4. The largest absolute Gasteiger partial charge is 0.493 e. The number of carbonyl (C=O) groups excluding carboxylic acids is 1. The fourth-order valence-corrected chi connectivity index (χ4v) is 3.68. The maximum Gasteiger partial charge on any atom is 0.270 e. The fraction of sp³-hybridized carbons (Fsp3) is 0.409. The molecule has 1 aliphatic rings. The lowest BCUT2D eigenvalue weighted by atomic mass is 10.1. The summed E-state index contributed by atoms with van der Waals surface area (Å²) >= 11 is 0. The Morgan fingerprint density at radius 2 is 1.80 bits per heavy atom. The van der Waals surface area contributed by atoms with Gasteiger partial charge >= 0.3 is 0 Å². The molecule has 0 bridgehead atoms. The van der Waals surface area contributed by atoms with Crippen molar-refractivity contribution >= 4 is 17.3 Å². The summed E-state index contributed by atoms with van der Waals surface area (Å²) in [5.74, 6) is 1.07. The number of anilines is 1. The molecule has 0 aromatic heterocycles. The van der Waals surface area contributed by atoms with Crippen molar-refractivity contribution in [3.63, 3.8) is 0 Å². The number of carbonyl (C=O) groups is 1. The summed E-state index contributed by atoms with van der Waals surface area (Å²) in [6, 6.07) is 10.2. The topological polar surface area (TPSA) is 85.1 Å². The zero-order valence-electron chi connectivity index (χ0n) is 17.6. The smallest absolute Gasteiger partial charge is 0.270 e. The zero-order chi connectivity index (χ0) is 21.7. The normalized spacial score (nSPS) is 13.2. The molecule has 0 radical (unpaired) electrons. The van der Waals surface area contributed by atoms with Gasteiger partial charge in [-0.15, -0.1) is 0 Å². The first-order valence-electron chi connectivity index (χ1n) is 9.94. The number of benzene rings is 2. The minimum absolute atomic E-state index is 0.0745. The van der Waals surface area contributed by atoms with Gasteiger partial charge in [-0.3, -0.25) is 14.9 Å². The van der Waals surface area contributed by atoms with Gasteiger partial charge in [0.1, 0.15) is 0 Å². The minimum Gasteiger partial charge on any atom is -0.493 e. The van der Waals surface area contributed by atoms with Gasteiger partial charge in [0.15, 0.2) is 11.5 Å². The molecule has 160 valence electrons. The van der Waals surface area contributed by atoms with Crippen molar-refractivity contribution in [2.45, 2.75) is 19.3 Å². The fourth-order valence-electron chi connectivity index (χ4n) is 3.68. The first-order chi connectivity index (χ1) is 14.4. The van der Waals surface area contributed by atoms with Crippen molar-refractivity contribution in [2.75, 3.05) is 45.8 Å². The van der Waals surface area contributed by atoms with Gasteiger partial charge in [0.2, 0.25) is 0 Å². The number of nitro groups is 1. The highest BCUT2D eigenvalue weighted by atomic mass is 16.6. The molecule has 2 aromatic rings. The second-order valence-corrected chi connectivity index (χ2v) is 7.32. The maximum absolute atomic E-state index is 13.2. The average Bonchev–Trinajstić information content (AvgIpc) is 3.30. The number of amides is 1. The highest BCUT2D eigenvalue weighted by Gasteiger charge is 2.24. The van der Waals surface area contributed by atoms with Gasteiger partial charge in [0.05, 0.1) is 30.4 Å². The van der Waals surface area contributed by atoms with Gasteiger partial charge in [-0.2, -0.15) is 0 Å². The molecule has 0 aliphatic carbocycles. The van der Waals surface area contributed by atoms with Crippen LogP contribution in [0.2, 0.25) is 0 Å². The first-order valence-corrected chi connectivity index (χ1v) is 9.94. The number of ether oxygens (including phenoxy) is 2. The van der Waals surface area contributed by atoms with Crippen LogP contribution in [0.3, 0.4) is 0 Å². The van der Waals surface area contributed by atoms with Crippen LogP contribution >= 0.6 is 0 Å².